The first-order valence-corrected chi connectivity index (χ1v) is 11.1. The fraction of sp³-hybridized carbons (Fsp3) is 0.333. The molecule has 1 aliphatic carbocycles. The third-order valence-corrected chi connectivity index (χ3v) is 7.67. The van der Waals surface area contributed by atoms with E-state index in [9.17, 15) is 26.7 Å². The molecule has 0 atom stereocenters. The van der Waals surface area contributed by atoms with Gasteiger partial charge in [-0.1, -0.05) is 0 Å². The molecule has 0 saturated heterocycles. The number of aliphatic hydroxyl groups excluding tert-OH is 1. The van der Waals surface area contributed by atoms with Gasteiger partial charge in [-0.2, -0.15) is 0 Å². The maximum atomic E-state index is 14.6. The fourth-order valence-corrected chi connectivity index (χ4v) is 5.09. The zero-order valence-electron chi connectivity index (χ0n) is 15.2. The molecule has 158 valence electrons. The zero-order chi connectivity index (χ0) is 21.4. The number of hydrogen-bond donors (Lipinski definition) is 3. The minimum absolute atomic E-state index is 0.00282. The Labute approximate surface area is 179 Å². The fourth-order valence-electron chi connectivity index (χ4n) is 2.95. The Morgan fingerprint density at radius 3 is 2.41 bits per heavy atom. The molecule has 0 bridgehead atoms. The molecule has 0 aliphatic heterocycles. The van der Waals surface area contributed by atoms with Gasteiger partial charge in [0.05, 0.1) is 17.5 Å². The summed E-state index contributed by atoms with van der Waals surface area (Å²) in [5.41, 5.74) is -1.16. The van der Waals surface area contributed by atoms with Crippen molar-refractivity contribution in [3.05, 3.63) is 45.3 Å². The number of sulfonamides is 1. The summed E-state index contributed by atoms with van der Waals surface area (Å²) in [5.74, 6) is -3.70. The SMILES string of the molecule is COc1cc(F)c(F)c(Nc2ccc(I)cc2F)c1NS(=O)(=O)C1(CCO)CC1. The van der Waals surface area contributed by atoms with Gasteiger partial charge in [-0.25, -0.2) is 21.6 Å². The van der Waals surface area contributed by atoms with E-state index < -0.39 is 37.9 Å². The number of rotatable bonds is 8. The molecule has 29 heavy (non-hydrogen) atoms. The predicted molar refractivity (Wildman–Crippen MR) is 112 cm³/mol. The standard InChI is InChI=1S/C18H18F3IN2O4S/c1-28-14-9-12(20)15(21)17(23-13-3-2-10(22)8-11(13)19)16(14)24-29(26,27)18(4-5-18)6-7-25/h2-3,8-9,23-25H,4-7H2,1H3. The van der Waals surface area contributed by atoms with E-state index in [1.165, 1.54) is 19.2 Å². The van der Waals surface area contributed by atoms with Crippen LogP contribution in [0.2, 0.25) is 0 Å². The Morgan fingerprint density at radius 1 is 1.17 bits per heavy atom. The maximum Gasteiger partial charge on any atom is 0.238 e. The lowest BCUT2D eigenvalue weighted by atomic mass is 10.2. The third kappa shape index (κ3) is 4.26. The Bertz CT molecular complexity index is 1050. The van der Waals surface area contributed by atoms with Crippen LogP contribution in [0.25, 0.3) is 0 Å². The van der Waals surface area contributed by atoms with Crippen LogP contribution in [0.5, 0.6) is 5.75 Å². The Hall–Kier alpha value is -1.73. The van der Waals surface area contributed by atoms with Crippen LogP contribution in [-0.2, 0) is 10.0 Å². The van der Waals surface area contributed by atoms with Crippen LogP contribution in [0.15, 0.2) is 24.3 Å². The summed E-state index contributed by atoms with van der Waals surface area (Å²) in [4.78, 5) is 0. The molecule has 2 aromatic rings. The van der Waals surface area contributed by atoms with Crippen LogP contribution in [0.3, 0.4) is 0 Å². The first-order chi connectivity index (χ1) is 13.6. The number of aliphatic hydroxyl groups is 1. The molecule has 3 N–H and O–H groups in total. The van der Waals surface area contributed by atoms with E-state index in [1.807, 2.05) is 22.6 Å². The second-order valence-electron chi connectivity index (χ2n) is 6.64. The van der Waals surface area contributed by atoms with Crippen molar-refractivity contribution in [2.24, 2.45) is 0 Å². The van der Waals surface area contributed by atoms with Crippen molar-refractivity contribution in [1.29, 1.82) is 0 Å². The number of hydrogen-bond acceptors (Lipinski definition) is 5. The molecular weight excluding hydrogens is 524 g/mol. The van der Waals surface area contributed by atoms with E-state index >= 15 is 0 Å². The molecule has 1 fully saturated rings. The van der Waals surface area contributed by atoms with E-state index in [0.717, 1.165) is 0 Å². The van der Waals surface area contributed by atoms with Gasteiger partial charge in [0.25, 0.3) is 0 Å². The number of methoxy groups -OCH3 is 1. The summed E-state index contributed by atoms with van der Waals surface area (Å²) in [7, 11) is -2.90. The monoisotopic (exact) mass is 542 g/mol. The summed E-state index contributed by atoms with van der Waals surface area (Å²) >= 11 is 1.89. The van der Waals surface area contributed by atoms with Gasteiger partial charge in [-0.05, 0) is 60.1 Å². The van der Waals surface area contributed by atoms with Crippen molar-refractivity contribution >= 4 is 49.7 Å². The molecule has 1 saturated carbocycles. The van der Waals surface area contributed by atoms with Crippen molar-refractivity contribution in [3.8, 4) is 5.75 Å². The average molecular weight is 542 g/mol. The summed E-state index contributed by atoms with van der Waals surface area (Å²) in [6.07, 6.45) is 0.648. The molecule has 1 aliphatic rings. The van der Waals surface area contributed by atoms with E-state index in [2.05, 4.69) is 10.0 Å². The number of halogens is 4. The minimum atomic E-state index is -4.07. The summed E-state index contributed by atoms with van der Waals surface area (Å²) < 4.78 is 75.3. The van der Waals surface area contributed by atoms with E-state index in [4.69, 9.17) is 4.74 Å². The highest BCUT2D eigenvalue weighted by molar-refractivity contribution is 14.1. The lowest BCUT2D eigenvalue weighted by Gasteiger charge is -2.22. The van der Waals surface area contributed by atoms with Crippen LogP contribution in [-0.4, -0.2) is 32.0 Å². The molecular formula is C18H18F3IN2O4S. The second-order valence-corrected chi connectivity index (χ2v) is 9.96. The van der Waals surface area contributed by atoms with Crippen LogP contribution in [0.1, 0.15) is 19.3 Å². The lowest BCUT2D eigenvalue weighted by molar-refractivity contribution is 0.283. The largest absolute Gasteiger partial charge is 0.494 e. The zero-order valence-corrected chi connectivity index (χ0v) is 18.2. The average Bonchev–Trinajstić information content (AvgIpc) is 3.44. The quantitative estimate of drug-likeness (QED) is 0.437. The first kappa shape index (κ1) is 22.0. The number of anilines is 3. The molecule has 6 nitrogen and oxygen atoms in total. The topological polar surface area (TPSA) is 87.7 Å². The molecule has 0 heterocycles. The highest BCUT2D eigenvalue weighted by Crippen LogP contribution is 2.49. The Balaban J connectivity index is 2.09. The Kier molecular flexibility index (Phi) is 6.20. The molecule has 11 heteroatoms. The summed E-state index contributed by atoms with van der Waals surface area (Å²) in [5, 5.41) is 11.6. The third-order valence-electron chi connectivity index (χ3n) is 4.78. The van der Waals surface area contributed by atoms with Crippen molar-refractivity contribution in [3.63, 3.8) is 0 Å². The van der Waals surface area contributed by atoms with Gasteiger partial charge in [0, 0.05) is 16.2 Å². The lowest BCUT2D eigenvalue weighted by Crippen LogP contribution is -2.31. The minimum Gasteiger partial charge on any atom is -0.494 e. The molecule has 0 unspecified atom stereocenters. The maximum absolute atomic E-state index is 14.6. The molecule has 0 amide bonds. The van der Waals surface area contributed by atoms with Gasteiger partial charge in [-0.3, -0.25) is 4.72 Å². The number of nitrogens with one attached hydrogen (secondary N) is 2. The van der Waals surface area contributed by atoms with Crippen molar-refractivity contribution in [1.82, 2.24) is 0 Å². The van der Waals surface area contributed by atoms with Crippen LogP contribution in [0.4, 0.5) is 30.2 Å². The summed E-state index contributed by atoms with van der Waals surface area (Å²) in [6.45, 7) is -0.338. The molecule has 3 rings (SSSR count). The van der Waals surface area contributed by atoms with Gasteiger partial charge in [0.15, 0.2) is 11.6 Å². The van der Waals surface area contributed by atoms with Crippen LogP contribution >= 0.6 is 22.6 Å². The van der Waals surface area contributed by atoms with Gasteiger partial charge < -0.3 is 15.2 Å². The molecule has 2 aromatic carbocycles. The molecule has 0 aromatic heterocycles. The first-order valence-electron chi connectivity index (χ1n) is 8.55. The highest BCUT2D eigenvalue weighted by atomic mass is 127. The van der Waals surface area contributed by atoms with Crippen LogP contribution < -0.4 is 14.8 Å². The normalized spacial score (nSPS) is 15.1. The second kappa shape index (κ2) is 8.19. The van der Waals surface area contributed by atoms with Gasteiger partial charge in [-0.15, -0.1) is 0 Å². The van der Waals surface area contributed by atoms with E-state index in [1.54, 1.807) is 6.07 Å². The number of ether oxygens (including phenoxy) is 1. The van der Waals surface area contributed by atoms with Crippen LogP contribution in [0, 0.1) is 21.0 Å². The van der Waals surface area contributed by atoms with E-state index in [-0.39, 0.29) is 30.2 Å². The highest BCUT2D eigenvalue weighted by Gasteiger charge is 2.54. The molecule has 0 radical (unpaired) electrons. The van der Waals surface area contributed by atoms with Gasteiger partial charge in [0.2, 0.25) is 10.0 Å². The van der Waals surface area contributed by atoms with Crippen molar-refractivity contribution < 1.29 is 31.4 Å². The predicted octanol–water partition coefficient (Wildman–Crippen LogP) is 4.12. The smallest absolute Gasteiger partial charge is 0.238 e. The van der Waals surface area contributed by atoms with Crippen molar-refractivity contribution in [2.75, 3.05) is 23.8 Å². The van der Waals surface area contributed by atoms with E-state index in [0.29, 0.717) is 22.5 Å². The van der Waals surface area contributed by atoms with Crippen molar-refractivity contribution in [2.45, 2.75) is 24.0 Å². The molecule has 0 spiro atoms. The number of benzene rings is 2. The van der Waals surface area contributed by atoms with Gasteiger partial charge in [0.1, 0.15) is 22.9 Å². The Morgan fingerprint density at radius 2 is 1.86 bits per heavy atom. The van der Waals surface area contributed by atoms with Gasteiger partial charge >= 0.3 is 0 Å². The summed E-state index contributed by atoms with van der Waals surface area (Å²) in [6, 6.07) is 4.75.